The Hall–Kier alpha value is -2.38. The monoisotopic (exact) mass is 341 g/mol. The van der Waals surface area contributed by atoms with Crippen molar-refractivity contribution in [1.82, 2.24) is 10.6 Å². The van der Waals surface area contributed by atoms with Crippen LogP contribution in [0.4, 0.5) is 0 Å². The van der Waals surface area contributed by atoms with E-state index >= 15 is 0 Å². The van der Waals surface area contributed by atoms with Gasteiger partial charge in [0, 0.05) is 13.0 Å². The van der Waals surface area contributed by atoms with Gasteiger partial charge in [-0.05, 0) is 25.7 Å². The topological polar surface area (TPSA) is 128 Å². The summed E-state index contributed by atoms with van der Waals surface area (Å²) in [6, 6.07) is -1.73. The maximum atomic E-state index is 12.3. The first-order chi connectivity index (χ1) is 11.2. The molecule has 0 fully saturated rings. The van der Waals surface area contributed by atoms with Crippen LogP contribution in [0.3, 0.4) is 0 Å². The summed E-state index contributed by atoms with van der Waals surface area (Å²) < 4.78 is 4.71. The maximum Gasteiger partial charge on any atom is 0.330 e. The van der Waals surface area contributed by atoms with Crippen LogP contribution in [-0.4, -0.2) is 42.4 Å². The summed E-state index contributed by atoms with van der Waals surface area (Å²) in [7, 11) is 0. The molecule has 8 nitrogen and oxygen atoms in total. The van der Waals surface area contributed by atoms with Gasteiger partial charge < -0.3 is 21.1 Å². The van der Waals surface area contributed by atoms with Crippen LogP contribution in [0.15, 0.2) is 12.2 Å². The van der Waals surface area contributed by atoms with E-state index < -0.39 is 29.9 Å². The Morgan fingerprint density at radius 1 is 1.12 bits per heavy atom. The number of hydrogen-bond acceptors (Lipinski definition) is 5. The highest BCUT2D eigenvalue weighted by Gasteiger charge is 2.25. The number of esters is 1. The Labute approximate surface area is 142 Å². The van der Waals surface area contributed by atoms with Gasteiger partial charge in [-0.2, -0.15) is 0 Å². The Balaban J connectivity index is 4.82. The molecule has 0 aliphatic heterocycles. The number of rotatable bonds is 10. The van der Waals surface area contributed by atoms with Crippen LogP contribution in [0, 0.1) is 5.92 Å². The fourth-order valence-corrected chi connectivity index (χ4v) is 1.96. The summed E-state index contributed by atoms with van der Waals surface area (Å²) in [6.45, 7) is 7.06. The first-order valence-corrected chi connectivity index (χ1v) is 7.87. The molecule has 4 N–H and O–H groups in total. The van der Waals surface area contributed by atoms with Crippen LogP contribution in [0.1, 0.15) is 40.5 Å². The number of amides is 3. The molecule has 0 heterocycles. The number of hydrogen-bond donors (Lipinski definition) is 3. The molecular formula is C16H27N3O5. The van der Waals surface area contributed by atoms with E-state index in [-0.39, 0.29) is 24.9 Å². The number of carbonyl (C=O) groups excluding carboxylic acids is 4. The smallest absolute Gasteiger partial charge is 0.330 e. The van der Waals surface area contributed by atoms with Gasteiger partial charge in [-0.25, -0.2) is 4.79 Å². The van der Waals surface area contributed by atoms with Crippen LogP contribution < -0.4 is 16.4 Å². The summed E-state index contributed by atoms with van der Waals surface area (Å²) in [5.41, 5.74) is 5.27. The molecule has 0 aliphatic rings. The van der Waals surface area contributed by atoms with Crippen molar-refractivity contribution >= 4 is 23.7 Å². The molecule has 0 rings (SSSR count). The molecular weight excluding hydrogens is 314 g/mol. The van der Waals surface area contributed by atoms with Gasteiger partial charge in [0.15, 0.2) is 0 Å². The third kappa shape index (κ3) is 9.60. The van der Waals surface area contributed by atoms with E-state index in [4.69, 9.17) is 10.5 Å². The molecule has 8 heteroatoms. The van der Waals surface area contributed by atoms with Gasteiger partial charge in [0.25, 0.3) is 0 Å². The quantitative estimate of drug-likeness (QED) is 0.381. The van der Waals surface area contributed by atoms with Gasteiger partial charge >= 0.3 is 5.97 Å². The lowest BCUT2D eigenvalue weighted by atomic mass is 10.0. The predicted molar refractivity (Wildman–Crippen MR) is 88.6 cm³/mol. The van der Waals surface area contributed by atoms with Gasteiger partial charge in [-0.3, -0.25) is 14.4 Å². The Morgan fingerprint density at radius 2 is 1.75 bits per heavy atom. The Morgan fingerprint density at radius 3 is 2.21 bits per heavy atom. The number of ether oxygens (including phenoxy) is 1. The third-order valence-electron chi connectivity index (χ3n) is 2.97. The van der Waals surface area contributed by atoms with E-state index in [1.807, 2.05) is 13.8 Å². The van der Waals surface area contributed by atoms with E-state index in [9.17, 15) is 19.2 Å². The highest BCUT2D eigenvalue weighted by Crippen LogP contribution is 2.06. The Bertz CT molecular complexity index is 488. The zero-order chi connectivity index (χ0) is 18.7. The van der Waals surface area contributed by atoms with Crippen molar-refractivity contribution in [3.8, 4) is 0 Å². The van der Waals surface area contributed by atoms with E-state index in [1.165, 1.54) is 19.1 Å². The highest BCUT2D eigenvalue weighted by molar-refractivity contribution is 5.91. The molecule has 0 aromatic carbocycles. The summed E-state index contributed by atoms with van der Waals surface area (Å²) in [5, 5.41) is 5.05. The van der Waals surface area contributed by atoms with Crippen molar-refractivity contribution < 1.29 is 23.9 Å². The second-order valence-corrected chi connectivity index (χ2v) is 5.74. The number of carbonyl (C=O) groups is 4. The molecule has 136 valence electrons. The molecule has 0 bridgehead atoms. The fraction of sp³-hybridized carbons (Fsp3) is 0.625. The number of primary amides is 1. The molecule has 0 aliphatic carbocycles. The third-order valence-corrected chi connectivity index (χ3v) is 2.97. The lowest BCUT2D eigenvalue weighted by Crippen LogP contribution is -2.52. The van der Waals surface area contributed by atoms with Crippen molar-refractivity contribution in [3.63, 3.8) is 0 Å². The second kappa shape index (κ2) is 11.2. The van der Waals surface area contributed by atoms with Gasteiger partial charge in [0.05, 0.1) is 6.61 Å². The van der Waals surface area contributed by atoms with Crippen LogP contribution in [0.5, 0.6) is 0 Å². The molecule has 0 radical (unpaired) electrons. The van der Waals surface area contributed by atoms with Crippen LogP contribution in [-0.2, 0) is 23.9 Å². The van der Waals surface area contributed by atoms with Gasteiger partial charge in [0.2, 0.25) is 17.7 Å². The molecule has 0 unspecified atom stereocenters. The first-order valence-electron chi connectivity index (χ1n) is 7.87. The minimum atomic E-state index is -0.980. The summed E-state index contributed by atoms with van der Waals surface area (Å²) in [6.07, 6.45) is 3.05. The number of nitrogens with two attached hydrogens (primary N) is 1. The average molecular weight is 341 g/mol. The van der Waals surface area contributed by atoms with Crippen LogP contribution in [0.25, 0.3) is 0 Å². The number of nitrogens with one attached hydrogen (secondary N) is 2. The highest BCUT2D eigenvalue weighted by atomic mass is 16.5. The molecule has 0 saturated heterocycles. The Kier molecular flexibility index (Phi) is 10.1. The normalized spacial score (nSPS) is 13.4. The van der Waals surface area contributed by atoms with Crippen molar-refractivity contribution in [3.05, 3.63) is 12.2 Å². The van der Waals surface area contributed by atoms with Crippen molar-refractivity contribution in [1.29, 1.82) is 0 Å². The van der Waals surface area contributed by atoms with Gasteiger partial charge in [-0.15, -0.1) is 0 Å². The zero-order valence-corrected chi connectivity index (χ0v) is 14.6. The maximum absolute atomic E-state index is 12.3. The zero-order valence-electron chi connectivity index (χ0n) is 14.6. The SMILES string of the molecule is CCOC(=O)/C=C/C[C@@H](NC(=O)[C@H](CC(C)C)NC(C)=O)C(N)=O. The fourth-order valence-electron chi connectivity index (χ4n) is 1.96. The molecule has 24 heavy (non-hydrogen) atoms. The predicted octanol–water partition coefficient (Wildman–Crippen LogP) is 0.0167. The van der Waals surface area contributed by atoms with Crippen molar-refractivity contribution in [2.75, 3.05) is 6.61 Å². The summed E-state index contributed by atoms with van der Waals surface area (Å²) in [5.74, 6) is -1.94. The molecule has 0 spiro atoms. The lowest BCUT2D eigenvalue weighted by Gasteiger charge is -2.22. The van der Waals surface area contributed by atoms with E-state index in [0.717, 1.165) is 0 Å². The minimum Gasteiger partial charge on any atom is -0.463 e. The van der Waals surface area contributed by atoms with Crippen molar-refractivity contribution in [2.24, 2.45) is 11.7 Å². The largest absolute Gasteiger partial charge is 0.463 e. The van der Waals surface area contributed by atoms with Crippen LogP contribution >= 0.6 is 0 Å². The minimum absolute atomic E-state index is 0.0500. The summed E-state index contributed by atoms with van der Waals surface area (Å²) in [4.78, 5) is 46.2. The first kappa shape index (κ1) is 21.6. The second-order valence-electron chi connectivity index (χ2n) is 5.74. The van der Waals surface area contributed by atoms with Gasteiger partial charge in [0.1, 0.15) is 12.1 Å². The van der Waals surface area contributed by atoms with E-state index in [0.29, 0.717) is 6.42 Å². The summed E-state index contributed by atoms with van der Waals surface area (Å²) >= 11 is 0. The van der Waals surface area contributed by atoms with Crippen molar-refractivity contribution in [2.45, 2.75) is 52.6 Å². The van der Waals surface area contributed by atoms with E-state index in [2.05, 4.69) is 10.6 Å². The lowest BCUT2D eigenvalue weighted by molar-refractivity contribution is -0.137. The molecule has 0 aromatic rings. The standard InChI is InChI=1S/C16H27N3O5/c1-5-24-14(21)8-6-7-12(15(17)22)19-16(23)13(9-10(2)3)18-11(4)20/h6,8,10,12-13H,5,7,9H2,1-4H3,(H2,17,22)(H,18,20)(H,19,23)/b8-6+/t12-,13+/m1/s1. The molecule has 0 saturated carbocycles. The van der Waals surface area contributed by atoms with Crippen LogP contribution in [0.2, 0.25) is 0 Å². The van der Waals surface area contributed by atoms with E-state index in [1.54, 1.807) is 6.92 Å². The molecule has 0 aromatic heterocycles. The molecule has 3 amide bonds. The average Bonchev–Trinajstić information content (AvgIpc) is 2.44. The van der Waals surface area contributed by atoms with Gasteiger partial charge in [-0.1, -0.05) is 19.9 Å². The molecule has 2 atom stereocenters.